The molecule has 0 aliphatic carbocycles. The molecular weight excluding hydrogens is 140 g/mol. The largest absolute Gasteiger partial charge is 0.462 e. The number of carbonyl (C=O) groups excluding carboxylic acids is 1. The molecule has 62 valence electrons. The van der Waals surface area contributed by atoms with E-state index in [0.29, 0.717) is 6.61 Å². The van der Waals surface area contributed by atoms with Crippen molar-refractivity contribution in [1.82, 2.24) is 0 Å². The molecule has 2 heteroatoms. The van der Waals surface area contributed by atoms with Crippen LogP contribution in [0, 0.1) is 0 Å². The minimum atomic E-state index is -0.238. The van der Waals surface area contributed by atoms with Crippen LogP contribution >= 0.6 is 0 Å². The maximum absolute atomic E-state index is 10.3. The van der Waals surface area contributed by atoms with Crippen molar-refractivity contribution in [3.8, 4) is 0 Å². The van der Waals surface area contributed by atoms with E-state index in [1.807, 2.05) is 18.2 Å². The van der Waals surface area contributed by atoms with Crippen molar-refractivity contribution in [3.63, 3.8) is 0 Å². The highest BCUT2D eigenvalue weighted by atomic mass is 16.5. The van der Waals surface area contributed by atoms with Gasteiger partial charge in [-0.15, -0.1) is 6.58 Å². The zero-order valence-corrected chi connectivity index (χ0v) is 6.88. The molecule has 0 N–H and O–H groups in total. The number of hydrogen-bond acceptors (Lipinski definition) is 2. The summed E-state index contributed by atoms with van der Waals surface area (Å²) in [6.07, 6.45) is 7.60. The molecule has 0 aliphatic heterocycles. The van der Waals surface area contributed by atoms with Gasteiger partial charge < -0.3 is 4.74 Å². The van der Waals surface area contributed by atoms with Gasteiger partial charge in [0.15, 0.2) is 0 Å². The van der Waals surface area contributed by atoms with Gasteiger partial charge in [0, 0.05) is 6.92 Å². The Kier molecular flexibility index (Phi) is 6.39. The van der Waals surface area contributed by atoms with E-state index in [-0.39, 0.29) is 5.97 Å². The molecule has 0 aromatic heterocycles. The maximum Gasteiger partial charge on any atom is 0.302 e. The number of esters is 1. The summed E-state index contributed by atoms with van der Waals surface area (Å²) >= 11 is 0. The maximum atomic E-state index is 10.3. The molecule has 0 bridgehead atoms. The van der Waals surface area contributed by atoms with Crippen molar-refractivity contribution in [3.05, 3.63) is 24.8 Å². The summed E-state index contributed by atoms with van der Waals surface area (Å²) in [6, 6.07) is 0. The molecule has 0 aromatic rings. The summed E-state index contributed by atoms with van der Waals surface area (Å²) in [4.78, 5) is 10.3. The van der Waals surface area contributed by atoms with E-state index in [0.717, 1.165) is 12.8 Å². The lowest BCUT2D eigenvalue weighted by Crippen LogP contribution is -1.97. The summed E-state index contributed by atoms with van der Waals surface area (Å²) < 4.78 is 4.67. The van der Waals surface area contributed by atoms with E-state index in [1.54, 1.807) is 0 Å². The molecule has 0 amide bonds. The highest BCUT2D eigenvalue weighted by Crippen LogP contribution is 1.90. The van der Waals surface area contributed by atoms with Crippen molar-refractivity contribution in [2.75, 3.05) is 6.61 Å². The normalized spacial score (nSPS) is 9.91. The summed E-state index contributed by atoms with van der Waals surface area (Å²) in [5, 5.41) is 0. The van der Waals surface area contributed by atoms with Crippen LogP contribution in [-0.4, -0.2) is 12.6 Å². The van der Waals surface area contributed by atoms with Crippen LogP contribution in [-0.2, 0) is 9.53 Å². The van der Waals surface area contributed by atoms with Gasteiger partial charge in [-0.05, 0) is 12.8 Å². The predicted octanol–water partition coefficient (Wildman–Crippen LogP) is 2.07. The van der Waals surface area contributed by atoms with E-state index in [1.165, 1.54) is 6.92 Å². The lowest BCUT2D eigenvalue weighted by atomic mass is 10.3. The Morgan fingerprint density at radius 3 is 2.73 bits per heavy atom. The fraction of sp³-hybridized carbons (Fsp3) is 0.444. The van der Waals surface area contributed by atoms with E-state index in [2.05, 4.69) is 11.3 Å². The molecule has 0 saturated heterocycles. The minimum Gasteiger partial charge on any atom is -0.462 e. The number of ether oxygens (including phenoxy) is 1. The molecule has 2 nitrogen and oxygen atoms in total. The van der Waals surface area contributed by atoms with Crippen LogP contribution in [0.4, 0.5) is 0 Å². The van der Waals surface area contributed by atoms with Gasteiger partial charge in [-0.1, -0.05) is 18.2 Å². The van der Waals surface area contributed by atoms with Crippen molar-refractivity contribution in [1.29, 1.82) is 0 Å². The second-order valence-electron chi connectivity index (χ2n) is 2.14. The highest BCUT2D eigenvalue weighted by Gasteiger charge is 1.85. The SMILES string of the molecule is C=CCC/C=C/COC(C)=O. The molecule has 0 fully saturated rings. The second-order valence-corrected chi connectivity index (χ2v) is 2.14. The number of carbonyl (C=O) groups is 1. The monoisotopic (exact) mass is 154 g/mol. The molecule has 11 heavy (non-hydrogen) atoms. The van der Waals surface area contributed by atoms with Crippen LogP contribution < -0.4 is 0 Å². The molecule has 0 saturated carbocycles. The lowest BCUT2D eigenvalue weighted by molar-refractivity contribution is -0.139. The fourth-order valence-corrected chi connectivity index (χ4v) is 0.565. The average Bonchev–Trinajstić information content (AvgIpc) is 1.96. The van der Waals surface area contributed by atoms with Gasteiger partial charge in [-0.2, -0.15) is 0 Å². The van der Waals surface area contributed by atoms with Gasteiger partial charge in [0.1, 0.15) is 6.61 Å². The first-order valence-electron chi connectivity index (χ1n) is 3.66. The van der Waals surface area contributed by atoms with Crippen LogP contribution in [0.25, 0.3) is 0 Å². The fourth-order valence-electron chi connectivity index (χ4n) is 0.565. The van der Waals surface area contributed by atoms with E-state index in [4.69, 9.17) is 0 Å². The molecule has 0 atom stereocenters. The topological polar surface area (TPSA) is 26.3 Å². The summed E-state index contributed by atoms with van der Waals surface area (Å²) in [5.41, 5.74) is 0. The Morgan fingerprint density at radius 2 is 2.18 bits per heavy atom. The van der Waals surface area contributed by atoms with Crippen molar-refractivity contribution in [2.45, 2.75) is 19.8 Å². The van der Waals surface area contributed by atoms with Crippen molar-refractivity contribution in [2.24, 2.45) is 0 Å². The van der Waals surface area contributed by atoms with Gasteiger partial charge >= 0.3 is 5.97 Å². The van der Waals surface area contributed by atoms with Crippen LogP contribution in [0.2, 0.25) is 0 Å². The molecule has 0 aromatic carbocycles. The second kappa shape index (κ2) is 7.06. The van der Waals surface area contributed by atoms with Gasteiger partial charge in [0.25, 0.3) is 0 Å². The number of unbranched alkanes of at least 4 members (excludes halogenated alkanes) is 1. The number of allylic oxidation sites excluding steroid dienone is 2. The van der Waals surface area contributed by atoms with Crippen LogP contribution in [0.3, 0.4) is 0 Å². The Bertz CT molecular complexity index is 148. The van der Waals surface area contributed by atoms with Gasteiger partial charge in [0.2, 0.25) is 0 Å². The summed E-state index contributed by atoms with van der Waals surface area (Å²) in [6.45, 7) is 5.37. The quantitative estimate of drug-likeness (QED) is 0.344. The van der Waals surface area contributed by atoms with E-state index < -0.39 is 0 Å². The zero-order valence-electron chi connectivity index (χ0n) is 6.88. The molecule has 0 aliphatic rings. The molecule has 0 heterocycles. The molecule has 0 rings (SSSR count). The summed E-state index contributed by atoms with van der Waals surface area (Å²) in [7, 11) is 0. The van der Waals surface area contributed by atoms with Crippen molar-refractivity contribution < 1.29 is 9.53 Å². The molecular formula is C9H14O2. The van der Waals surface area contributed by atoms with Crippen molar-refractivity contribution >= 4 is 5.97 Å². The minimum absolute atomic E-state index is 0.238. The Labute approximate surface area is 67.6 Å². The number of hydrogen-bond donors (Lipinski definition) is 0. The highest BCUT2D eigenvalue weighted by molar-refractivity contribution is 5.65. The third-order valence-corrected chi connectivity index (χ3v) is 1.09. The zero-order chi connectivity index (χ0) is 8.53. The third kappa shape index (κ3) is 8.95. The van der Waals surface area contributed by atoms with E-state index in [9.17, 15) is 4.79 Å². The van der Waals surface area contributed by atoms with Crippen LogP contribution in [0.15, 0.2) is 24.8 Å². The van der Waals surface area contributed by atoms with Gasteiger partial charge in [-0.3, -0.25) is 4.79 Å². The first-order chi connectivity index (χ1) is 5.27. The van der Waals surface area contributed by atoms with Gasteiger partial charge in [0.05, 0.1) is 0 Å². The Morgan fingerprint density at radius 1 is 1.45 bits per heavy atom. The first kappa shape index (κ1) is 9.95. The average molecular weight is 154 g/mol. The Balaban J connectivity index is 3.16. The first-order valence-corrected chi connectivity index (χ1v) is 3.66. The third-order valence-electron chi connectivity index (χ3n) is 1.09. The predicted molar refractivity (Wildman–Crippen MR) is 45.2 cm³/mol. The summed E-state index contributed by atoms with van der Waals surface area (Å²) in [5.74, 6) is -0.238. The Hall–Kier alpha value is -1.05. The standard InChI is InChI=1S/C9H14O2/c1-3-4-5-6-7-8-11-9(2)10/h3,6-7H,1,4-5,8H2,2H3/b7-6+. The van der Waals surface area contributed by atoms with Crippen LogP contribution in [0.1, 0.15) is 19.8 Å². The van der Waals surface area contributed by atoms with E-state index >= 15 is 0 Å². The van der Waals surface area contributed by atoms with Crippen LogP contribution in [0.5, 0.6) is 0 Å². The molecule has 0 spiro atoms. The molecule has 0 unspecified atom stereocenters. The number of rotatable bonds is 5. The molecule has 0 radical (unpaired) electrons. The smallest absolute Gasteiger partial charge is 0.302 e. The lowest BCUT2D eigenvalue weighted by Gasteiger charge is -1.93. The van der Waals surface area contributed by atoms with Gasteiger partial charge in [-0.25, -0.2) is 0 Å².